The first-order valence-corrected chi connectivity index (χ1v) is 9.73. The van der Waals surface area contributed by atoms with E-state index in [1.54, 1.807) is 0 Å². The number of imide groups is 1. The van der Waals surface area contributed by atoms with Gasteiger partial charge in [-0.25, -0.2) is 9.78 Å². The fraction of sp³-hybridized carbons (Fsp3) is 0.227. The highest BCUT2D eigenvalue weighted by molar-refractivity contribution is 6.30. The molecule has 5 rings (SSSR count). The summed E-state index contributed by atoms with van der Waals surface area (Å²) in [5, 5.41) is 4.21. The van der Waals surface area contributed by atoms with Gasteiger partial charge in [-0.15, -0.1) is 0 Å². The molecule has 1 aliphatic heterocycles. The number of amides is 3. The largest absolute Gasteiger partial charge is 0.325 e. The van der Waals surface area contributed by atoms with Gasteiger partial charge in [0.1, 0.15) is 10.7 Å². The lowest BCUT2D eigenvalue weighted by atomic mass is 9.76. The highest BCUT2D eigenvalue weighted by atomic mass is 35.5. The molecule has 1 fully saturated rings. The summed E-state index contributed by atoms with van der Waals surface area (Å²) >= 11 is 6.35. The molecule has 3 amide bonds. The van der Waals surface area contributed by atoms with Crippen LogP contribution in [0.1, 0.15) is 29.5 Å². The van der Waals surface area contributed by atoms with Crippen LogP contribution in [0, 0.1) is 0 Å². The molecule has 5 nitrogen and oxygen atoms in total. The number of pyridine rings is 1. The van der Waals surface area contributed by atoms with Gasteiger partial charge in [-0.1, -0.05) is 54.1 Å². The minimum absolute atomic E-state index is 0.102. The fourth-order valence-electron chi connectivity index (χ4n) is 4.37. The van der Waals surface area contributed by atoms with E-state index in [9.17, 15) is 9.59 Å². The average Bonchev–Trinajstić information content (AvgIpc) is 2.93. The molecule has 0 radical (unpaired) electrons. The van der Waals surface area contributed by atoms with Gasteiger partial charge in [-0.2, -0.15) is 0 Å². The summed E-state index contributed by atoms with van der Waals surface area (Å²) in [6, 6.07) is 17.0. The number of hydrogen-bond acceptors (Lipinski definition) is 3. The lowest BCUT2D eigenvalue weighted by Gasteiger charge is -2.33. The summed E-state index contributed by atoms with van der Waals surface area (Å²) in [6.07, 6.45) is 2.38. The van der Waals surface area contributed by atoms with Gasteiger partial charge >= 0.3 is 6.03 Å². The Bertz CT molecular complexity index is 1130. The first-order valence-electron chi connectivity index (χ1n) is 9.35. The number of carbonyl (C=O) groups is 2. The molecule has 1 aromatic heterocycles. The Hall–Kier alpha value is -2.92. The number of para-hydroxylation sites is 1. The normalized spacial score (nSPS) is 21.2. The van der Waals surface area contributed by atoms with Gasteiger partial charge in [0.25, 0.3) is 5.91 Å². The number of halogens is 1. The molecule has 1 saturated heterocycles. The van der Waals surface area contributed by atoms with Gasteiger partial charge in [0.05, 0.1) is 12.1 Å². The monoisotopic (exact) mass is 391 g/mol. The van der Waals surface area contributed by atoms with Crippen LogP contribution >= 0.6 is 11.6 Å². The molecular weight excluding hydrogens is 374 g/mol. The summed E-state index contributed by atoms with van der Waals surface area (Å²) in [5.41, 5.74) is 2.50. The van der Waals surface area contributed by atoms with Crippen molar-refractivity contribution in [1.82, 2.24) is 15.2 Å². The second-order valence-corrected chi connectivity index (χ2v) is 7.73. The van der Waals surface area contributed by atoms with E-state index in [1.807, 2.05) is 54.6 Å². The zero-order valence-corrected chi connectivity index (χ0v) is 15.9. The van der Waals surface area contributed by atoms with Crippen LogP contribution in [0.25, 0.3) is 10.9 Å². The second-order valence-electron chi connectivity index (χ2n) is 7.37. The highest BCUT2D eigenvalue weighted by Gasteiger charge is 2.53. The van der Waals surface area contributed by atoms with Crippen molar-refractivity contribution in [3.8, 4) is 0 Å². The van der Waals surface area contributed by atoms with Crippen LogP contribution in [0.4, 0.5) is 4.79 Å². The third kappa shape index (κ3) is 2.50. The number of urea groups is 1. The van der Waals surface area contributed by atoms with E-state index in [1.165, 1.54) is 4.90 Å². The third-order valence-corrected chi connectivity index (χ3v) is 6.06. The molecule has 1 atom stereocenters. The first kappa shape index (κ1) is 17.2. The molecule has 1 aliphatic carbocycles. The molecule has 1 spiro atoms. The molecule has 0 saturated carbocycles. The number of aromatic nitrogens is 1. The van der Waals surface area contributed by atoms with Crippen LogP contribution < -0.4 is 5.32 Å². The molecule has 3 aromatic rings. The molecule has 28 heavy (non-hydrogen) atoms. The van der Waals surface area contributed by atoms with Crippen molar-refractivity contribution in [1.29, 1.82) is 0 Å². The van der Waals surface area contributed by atoms with E-state index in [0.717, 1.165) is 34.9 Å². The number of benzene rings is 2. The van der Waals surface area contributed by atoms with Crippen LogP contribution in [-0.2, 0) is 23.3 Å². The lowest BCUT2D eigenvalue weighted by molar-refractivity contribution is -0.132. The van der Waals surface area contributed by atoms with Crippen molar-refractivity contribution in [2.45, 2.75) is 31.3 Å². The van der Waals surface area contributed by atoms with Crippen LogP contribution in [0.2, 0.25) is 5.15 Å². The van der Waals surface area contributed by atoms with Crippen molar-refractivity contribution in [2.24, 2.45) is 0 Å². The standard InChI is InChI=1S/C22H18ClN3O2/c23-19-16(12-15-7-2-4-10-18(15)24-19)13-26-20(27)22(25-21(26)28)11-5-8-14-6-1-3-9-17(14)22/h1-4,6-7,9-10,12H,5,8,11,13H2,(H,25,28). The second kappa shape index (κ2) is 6.31. The van der Waals surface area contributed by atoms with Crippen LogP contribution in [0.3, 0.4) is 0 Å². The van der Waals surface area contributed by atoms with Gasteiger partial charge in [0.2, 0.25) is 0 Å². The van der Waals surface area contributed by atoms with Gasteiger partial charge < -0.3 is 5.32 Å². The summed E-state index contributed by atoms with van der Waals surface area (Å²) < 4.78 is 0. The van der Waals surface area contributed by atoms with E-state index in [4.69, 9.17) is 11.6 Å². The Morgan fingerprint density at radius 3 is 2.79 bits per heavy atom. The number of hydrogen-bond donors (Lipinski definition) is 1. The SMILES string of the molecule is O=C1NC2(CCCc3ccccc32)C(=O)N1Cc1cc2ccccc2nc1Cl. The molecule has 6 heteroatoms. The van der Waals surface area contributed by atoms with Crippen molar-refractivity contribution in [3.05, 3.63) is 76.4 Å². The Morgan fingerprint density at radius 2 is 1.89 bits per heavy atom. The molecular formula is C22H18ClN3O2. The molecule has 2 aliphatic rings. The van der Waals surface area contributed by atoms with Crippen LogP contribution in [0.5, 0.6) is 0 Å². The van der Waals surface area contributed by atoms with E-state index < -0.39 is 5.54 Å². The number of rotatable bonds is 2. The van der Waals surface area contributed by atoms with Crippen molar-refractivity contribution >= 4 is 34.4 Å². The minimum atomic E-state index is -0.970. The van der Waals surface area contributed by atoms with Crippen molar-refractivity contribution in [3.63, 3.8) is 0 Å². The molecule has 1 N–H and O–H groups in total. The number of nitrogens with one attached hydrogen (secondary N) is 1. The average molecular weight is 392 g/mol. The number of carbonyl (C=O) groups excluding carboxylic acids is 2. The van der Waals surface area contributed by atoms with E-state index in [0.29, 0.717) is 17.1 Å². The maximum absolute atomic E-state index is 13.4. The Balaban J connectivity index is 1.52. The predicted octanol–water partition coefficient (Wildman–Crippen LogP) is 4.17. The Labute approximate surface area is 167 Å². The Kier molecular flexibility index (Phi) is 3.88. The van der Waals surface area contributed by atoms with E-state index in [2.05, 4.69) is 10.3 Å². The minimum Gasteiger partial charge on any atom is -0.319 e. The number of aryl methyl sites for hydroxylation is 1. The smallest absolute Gasteiger partial charge is 0.319 e. The highest BCUT2D eigenvalue weighted by Crippen LogP contribution is 2.40. The maximum Gasteiger partial charge on any atom is 0.325 e. The number of fused-ring (bicyclic) bond motifs is 3. The maximum atomic E-state index is 13.4. The van der Waals surface area contributed by atoms with Crippen molar-refractivity contribution < 1.29 is 9.59 Å². The Morgan fingerprint density at radius 1 is 1.11 bits per heavy atom. The predicted molar refractivity (Wildman–Crippen MR) is 107 cm³/mol. The fourth-order valence-corrected chi connectivity index (χ4v) is 4.58. The van der Waals surface area contributed by atoms with Gasteiger partial charge in [0, 0.05) is 10.9 Å². The quantitative estimate of drug-likeness (QED) is 0.526. The molecule has 2 heterocycles. The zero-order chi connectivity index (χ0) is 19.3. The molecule has 1 unspecified atom stereocenters. The zero-order valence-electron chi connectivity index (χ0n) is 15.1. The van der Waals surface area contributed by atoms with Crippen molar-refractivity contribution in [2.75, 3.05) is 0 Å². The lowest BCUT2D eigenvalue weighted by Crippen LogP contribution is -2.46. The molecule has 2 aromatic carbocycles. The summed E-state index contributed by atoms with van der Waals surface area (Å²) in [4.78, 5) is 31.9. The topological polar surface area (TPSA) is 62.3 Å². The molecule has 0 bridgehead atoms. The van der Waals surface area contributed by atoms with E-state index in [-0.39, 0.29) is 18.5 Å². The van der Waals surface area contributed by atoms with Crippen LogP contribution in [0.15, 0.2) is 54.6 Å². The number of nitrogens with zero attached hydrogens (tertiary/aromatic N) is 2. The first-order chi connectivity index (χ1) is 13.6. The summed E-state index contributed by atoms with van der Waals surface area (Å²) in [7, 11) is 0. The van der Waals surface area contributed by atoms with Gasteiger partial charge in [-0.3, -0.25) is 9.69 Å². The van der Waals surface area contributed by atoms with E-state index >= 15 is 0 Å². The third-order valence-electron chi connectivity index (χ3n) is 5.73. The molecule has 140 valence electrons. The summed E-state index contributed by atoms with van der Waals surface area (Å²) in [6.45, 7) is 0.102. The van der Waals surface area contributed by atoms with Crippen LogP contribution in [-0.4, -0.2) is 21.8 Å². The van der Waals surface area contributed by atoms with Gasteiger partial charge in [0.15, 0.2) is 0 Å². The summed E-state index contributed by atoms with van der Waals surface area (Å²) in [5.74, 6) is -0.214. The van der Waals surface area contributed by atoms with Gasteiger partial charge in [-0.05, 0) is 42.5 Å².